The number of halogens is 1. The molecule has 1 rings (SSSR count). The Morgan fingerprint density at radius 1 is 1.62 bits per heavy atom. The van der Waals surface area contributed by atoms with Crippen LogP contribution in [0.15, 0.2) is 18.2 Å². The Kier molecular flexibility index (Phi) is 4.54. The minimum atomic E-state index is -0.722. The Balaban J connectivity index is 2.72. The largest absolute Gasteiger partial charge is 0.490 e. The number of nitrogens with zero attached hydrogens (tertiary/aromatic N) is 1. The van der Waals surface area contributed by atoms with E-state index in [9.17, 15) is 14.5 Å². The van der Waals surface area contributed by atoms with E-state index in [1.807, 2.05) is 6.92 Å². The summed E-state index contributed by atoms with van der Waals surface area (Å²) in [7, 11) is 0. The lowest BCUT2D eigenvalue weighted by Crippen LogP contribution is -2.10. The van der Waals surface area contributed by atoms with E-state index in [4.69, 9.17) is 4.74 Å². The standard InChI is InChI=1S/C10H12FNO3S/c1-7(6-16)5-15-10-3-2-8(12(13)14)4-9(10)11/h2-4,7,16H,5-6H2,1H3. The number of benzene rings is 1. The minimum Gasteiger partial charge on any atom is -0.490 e. The third kappa shape index (κ3) is 3.37. The van der Waals surface area contributed by atoms with Crippen LogP contribution in [0.5, 0.6) is 5.75 Å². The topological polar surface area (TPSA) is 52.4 Å². The fraction of sp³-hybridized carbons (Fsp3) is 0.400. The Bertz CT molecular complexity index is 386. The highest BCUT2D eigenvalue weighted by molar-refractivity contribution is 7.80. The Morgan fingerprint density at radius 2 is 2.31 bits per heavy atom. The van der Waals surface area contributed by atoms with Crippen molar-refractivity contribution >= 4 is 18.3 Å². The van der Waals surface area contributed by atoms with Gasteiger partial charge in [-0.15, -0.1) is 0 Å². The number of hydrogen-bond acceptors (Lipinski definition) is 4. The zero-order valence-electron chi connectivity index (χ0n) is 8.72. The summed E-state index contributed by atoms with van der Waals surface area (Å²) >= 11 is 4.07. The van der Waals surface area contributed by atoms with Gasteiger partial charge in [-0.25, -0.2) is 4.39 Å². The molecule has 1 atom stereocenters. The fourth-order valence-corrected chi connectivity index (χ4v) is 1.11. The van der Waals surface area contributed by atoms with E-state index in [2.05, 4.69) is 12.6 Å². The summed E-state index contributed by atoms with van der Waals surface area (Å²) in [4.78, 5) is 9.72. The molecule has 0 heterocycles. The van der Waals surface area contributed by atoms with Crippen LogP contribution in [0, 0.1) is 21.8 Å². The van der Waals surface area contributed by atoms with Crippen molar-refractivity contribution in [1.29, 1.82) is 0 Å². The van der Waals surface area contributed by atoms with Gasteiger partial charge in [0.2, 0.25) is 0 Å². The SMILES string of the molecule is CC(CS)COc1ccc([N+](=O)[O-])cc1F. The summed E-state index contributed by atoms with van der Waals surface area (Å²) in [5.74, 6) is 0.131. The number of non-ortho nitro benzene ring substituents is 1. The molecule has 0 amide bonds. The van der Waals surface area contributed by atoms with Crippen LogP contribution < -0.4 is 4.74 Å². The summed E-state index contributed by atoms with van der Waals surface area (Å²) in [6.07, 6.45) is 0. The molecule has 0 aromatic heterocycles. The quantitative estimate of drug-likeness (QED) is 0.493. The molecule has 0 bridgehead atoms. The molecule has 0 fully saturated rings. The van der Waals surface area contributed by atoms with Crippen LogP contribution >= 0.6 is 12.6 Å². The fourth-order valence-electron chi connectivity index (χ4n) is 1.01. The third-order valence-electron chi connectivity index (χ3n) is 1.96. The molecule has 4 nitrogen and oxygen atoms in total. The average Bonchev–Trinajstić information content (AvgIpc) is 2.26. The Hall–Kier alpha value is -1.30. The van der Waals surface area contributed by atoms with Crippen LogP contribution in [0.3, 0.4) is 0 Å². The van der Waals surface area contributed by atoms with E-state index in [0.717, 1.165) is 6.07 Å². The van der Waals surface area contributed by atoms with Crippen molar-refractivity contribution in [3.05, 3.63) is 34.1 Å². The lowest BCUT2D eigenvalue weighted by molar-refractivity contribution is -0.385. The van der Waals surface area contributed by atoms with Gasteiger partial charge in [0.1, 0.15) is 0 Å². The predicted octanol–water partition coefficient (Wildman–Crippen LogP) is 2.68. The van der Waals surface area contributed by atoms with Gasteiger partial charge in [-0.05, 0) is 17.7 Å². The van der Waals surface area contributed by atoms with E-state index >= 15 is 0 Å². The molecule has 16 heavy (non-hydrogen) atoms. The molecule has 0 aliphatic rings. The Morgan fingerprint density at radius 3 is 2.81 bits per heavy atom. The van der Waals surface area contributed by atoms with Crippen molar-refractivity contribution < 1.29 is 14.1 Å². The van der Waals surface area contributed by atoms with Crippen LogP contribution in [0.25, 0.3) is 0 Å². The van der Waals surface area contributed by atoms with E-state index in [1.54, 1.807) is 0 Å². The molecule has 0 aliphatic carbocycles. The number of ether oxygens (including phenoxy) is 1. The smallest absolute Gasteiger partial charge is 0.272 e. The highest BCUT2D eigenvalue weighted by atomic mass is 32.1. The van der Waals surface area contributed by atoms with Crippen LogP contribution in [0.4, 0.5) is 10.1 Å². The molecular weight excluding hydrogens is 233 g/mol. The van der Waals surface area contributed by atoms with Crippen LogP contribution in [-0.2, 0) is 0 Å². The predicted molar refractivity (Wildman–Crippen MR) is 61.6 cm³/mol. The first kappa shape index (κ1) is 12.8. The second-order valence-corrected chi connectivity index (χ2v) is 3.84. The van der Waals surface area contributed by atoms with Crippen LogP contribution in [0.2, 0.25) is 0 Å². The minimum absolute atomic E-state index is 0.0271. The van der Waals surface area contributed by atoms with Crippen molar-refractivity contribution in [3.63, 3.8) is 0 Å². The van der Waals surface area contributed by atoms with E-state index in [-0.39, 0.29) is 17.4 Å². The second kappa shape index (κ2) is 5.69. The van der Waals surface area contributed by atoms with E-state index in [1.165, 1.54) is 12.1 Å². The van der Waals surface area contributed by atoms with Crippen LogP contribution in [0.1, 0.15) is 6.92 Å². The first-order chi connectivity index (χ1) is 7.54. The molecule has 88 valence electrons. The second-order valence-electron chi connectivity index (χ2n) is 3.47. The first-order valence-corrected chi connectivity index (χ1v) is 5.35. The van der Waals surface area contributed by atoms with Gasteiger partial charge < -0.3 is 4.74 Å². The van der Waals surface area contributed by atoms with Crippen LogP contribution in [-0.4, -0.2) is 17.3 Å². The van der Waals surface area contributed by atoms with Crippen molar-refractivity contribution in [2.45, 2.75) is 6.92 Å². The number of thiol groups is 1. The lowest BCUT2D eigenvalue weighted by atomic mass is 10.2. The van der Waals surface area contributed by atoms with Gasteiger partial charge in [0.25, 0.3) is 5.69 Å². The zero-order valence-corrected chi connectivity index (χ0v) is 9.62. The highest BCUT2D eigenvalue weighted by Gasteiger charge is 2.12. The van der Waals surface area contributed by atoms with Crippen molar-refractivity contribution in [2.24, 2.45) is 5.92 Å². The summed E-state index contributed by atoms with van der Waals surface area (Å²) in [5.41, 5.74) is -0.285. The van der Waals surface area contributed by atoms with Gasteiger partial charge in [0.15, 0.2) is 11.6 Å². The monoisotopic (exact) mass is 245 g/mol. The number of hydrogen-bond donors (Lipinski definition) is 1. The summed E-state index contributed by atoms with van der Waals surface area (Å²) in [5, 5.41) is 10.4. The molecule has 0 spiro atoms. The first-order valence-electron chi connectivity index (χ1n) is 4.72. The van der Waals surface area contributed by atoms with Gasteiger partial charge in [0.05, 0.1) is 17.6 Å². The van der Waals surface area contributed by atoms with Gasteiger partial charge in [-0.2, -0.15) is 12.6 Å². The van der Waals surface area contributed by atoms with Gasteiger partial charge in [0, 0.05) is 6.07 Å². The van der Waals surface area contributed by atoms with Gasteiger partial charge >= 0.3 is 0 Å². The van der Waals surface area contributed by atoms with Gasteiger partial charge in [-0.3, -0.25) is 10.1 Å². The molecule has 0 saturated heterocycles. The summed E-state index contributed by atoms with van der Waals surface area (Å²) in [6, 6.07) is 3.32. The van der Waals surface area contributed by atoms with Crippen molar-refractivity contribution in [1.82, 2.24) is 0 Å². The maximum Gasteiger partial charge on any atom is 0.272 e. The number of nitro groups is 1. The number of nitro benzene ring substituents is 1. The summed E-state index contributed by atoms with van der Waals surface area (Å²) < 4.78 is 18.5. The molecule has 6 heteroatoms. The molecular formula is C10H12FNO3S. The Labute approximate surface area is 98.0 Å². The van der Waals surface area contributed by atoms with E-state index < -0.39 is 10.7 Å². The molecule has 0 aliphatic heterocycles. The molecule has 1 unspecified atom stereocenters. The molecule has 1 aromatic rings. The average molecular weight is 245 g/mol. The molecule has 1 aromatic carbocycles. The van der Waals surface area contributed by atoms with E-state index in [0.29, 0.717) is 12.4 Å². The highest BCUT2D eigenvalue weighted by Crippen LogP contribution is 2.22. The molecule has 0 N–H and O–H groups in total. The normalized spacial score (nSPS) is 12.2. The molecule has 0 radical (unpaired) electrons. The molecule has 0 saturated carbocycles. The summed E-state index contributed by atoms with van der Waals surface area (Å²) in [6.45, 7) is 2.24. The maximum atomic E-state index is 13.3. The van der Waals surface area contributed by atoms with Crippen molar-refractivity contribution in [3.8, 4) is 5.75 Å². The maximum absolute atomic E-state index is 13.3. The van der Waals surface area contributed by atoms with Crippen molar-refractivity contribution in [2.75, 3.05) is 12.4 Å². The third-order valence-corrected chi connectivity index (χ3v) is 2.58. The zero-order chi connectivity index (χ0) is 12.1. The van der Waals surface area contributed by atoms with Gasteiger partial charge in [-0.1, -0.05) is 6.92 Å². The lowest BCUT2D eigenvalue weighted by Gasteiger charge is -2.10. The number of rotatable bonds is 5.